The maximum absolute atomic E-state index is 12.9. The molecule has 0 aromatic heterocycles. The number of aliphatic carboxylic acids is 1. The molecule has 0 aliphatic rings. The van der Waals surface area contributed by atoms with Crippen LogP contribution < -0.4 is 5.11 Å². The Morgan fingerprint density at radius 3 is 1.04 bits per heavy atom. The summed E-state index contributed by atoms with van der Waals surface area (Å²) >= 11 is 0. The molecule has 0 N–H and O–H groups in total. The second-order valence-electron chi connectivity index (χ2n) is 21.2. The molecule has 0 fully saturated rings. The molecule has 0 bridgehead atoms. The number of carbonyl (C=O) groups is 3. The van der Waals surface area contributed by atoms with Crippen LogP contribution in [-0.2, 0) is 33.3 Å². The molecule has 0 amide bonds. The molecule has 0 spiro atoms. The van der Waals surface area contributed by atoms with E-state index in [-0.39, 0.29) is 38.6 Å². The van der Waals surface area contributed by atoms with Crippen molar-refractivity contribution in [3.8, 4) is 0 Å². The first kappa shape index (κ1) is 72.7. The van der Waals surface area contributed by atoms with Gasteiger partial charge in [0.1, 0.15) is 13.2 Å². The van der Waals surface area contributed by atoms with Crippen LogP contribution in [0.1, 0.15) is 232 Å². The lowest BCUT2D eigenvalue weighted by molar-refractivity contribution is -0.870. The number of carboxylic acids is 1. The third kappa shape index (κ3) is 59.2. The van der Waals surface area contributed by atoms with Gasteiger partial charge in [0, 0.05) is 12.8 Å². The van der Waals surface area contributed by atoms with Crippen LogP contribution in [0.25, 0.3) is 0 Å². The van der Waals surface area contributed by atoms with Crippen molar-refractivity contribution < 1.29 is 42.9 Å². The molecule has 0 radical (unpaired) electrons. The van der Waals surface area contributed by atoms with E-state index in [4.69, 9.17) is 18.9 Å². The van der Waals surface area contributed by atoms with Gasteiger partial charge in [-0.3, -0.25) is 9.59 Å². The minimum atomic E-state index is -1.63. The molecule has 438 valence electrons. The van der Waals surface area contributed by atoms with Gasteiger partial charge in [0.2, 0.25) is 0 Å². The largest absolute Gasteiger partial charge is 0.545 e. The molecule has 0 aromatic carbocycles. The number of rotatable bonds is 55. The van der Waals surface area contributed by atoms with E-state index >= 15 is 0 Å². The molecule has 0 saturated carbocycles. The summed E-state index contributed by atoms with van der Waals surface area (Å²) < 4.78 is 22.7. The number of unbranched alkanes of at least 4 members (excludes halogenated alkanes) is 20. The highest BCUT2D eigenvalue weighted by Crippen LogP contribution is 2.15. The number of nitrogens with zero attached hydrogens (tertiary/aromatic N) is 1. The van der Waals surface area contributed by atoms with Gasteiger partial charge in [-0.1, -0.05) is 238 Å². The second kappa shape index (κ2) is 57.9. The number of allylic oxidation sites excluding steroid dienone is 20. The van der Waals surface area contributed by atoms with Gasteiger partial charge in [-0.05, 0) is 103 Å². The van der Waals surface area contributed by atoms with Gasteiger partial charge in [0.15, 0.2) is 12.4 Å². The van der Waals surface area contributed by atoms with Gasteiger partial charge in [0.05, 0.1) is 40.3 Å². The molecule has 0 rings (SSSR count). The summed E-state index contributed by atoms with van der Waals surface area (Å²) in [5, 5.41) is 11.8. The highest BCUT2D eigenvalue weighted by molar-refractivity contribution is 5.70. The molecule has 0 aromatic rings. The molecule has 2 atom stereocenters. The van der Waals surface area contributed by atoms with E-state index in [1.165, 1.54) is 77.0 Å². The molecule has 77 heavy (non-hydrogen) atoms. The van der Waals surface area contributed by atoms with Crippen LogP contribution in [0.15, 0.2) is 122 Å². The number of ether oxygens (including phenoxy) is 4. The van der Waals surface area contributed by atoms with Gasteiger partial charge in [-0.25, -0.2) is 0 Å². The fourth-order valence-corrected chi connectivity index (χ4v) is 8.06. The van der Waals surface area contributed by atoms with Crippen LogP contribution in [0.2, 0.25) is 0 Å². The standard InChI is InChI=1S/C68H113NO8/c1-6-8-10-12-14-16-18-20-22-24-26-28-30-32-33-35-37-39-41-43-45-47-49-51-53-55-57-59-66(71)77-64(63-76-68(67(72)73)74-61-60-69(3,4)5)62-75-65(70)58-56-54-52-50-48-46-44-42-40-38-36-34-31-29-27-25-23-21-19-17-15-13-11-9-7-2/h8-11,14-17,20-23,26-29,32-34,36,64,68H,6-7,12-13,18-19,24-25,30-31,35,37-63H2,1-5H3/b10-8-,11-9-,16-14-,17-15-,22-20-,23-21-,28-26-,29-27-,33-32-,36-34-. The summed E-state index contributed by atoms with van der Waals surface area (Å²) in [4.78, 5) is 37.4. The number of hydrogen-bond acceptors (Lipinski definition) is 8. The SMILES string of the molecule is CC/C=C\C/C=C\C/C=C\C/C=C\C/C=C\CCCCCCCCCCCCCC(=O)OC(COC(=O)CCCCCCCCCCC/C=C\C/C=C\C/C=C\C/C=C\C/C=C\CC)COC(OCC[N+](C)(C)C)C(=O)[O-]. The fourth-order valence-electron chi connectivity index (χ4n) is 8.06. The van der Waals surface area contributed by atoms with Crippen molar-refractivity contribution in [2.24, 2.45) is 0 Å². The molecule has 0 heterocycles. The zero-order valence-electron chi connectivity index (χ0n) is 49.8. The highest BCUT2D eigenvalue weighted by atomic mass is 16.7. The Hall–Kier alpha value is -4.31. The minimum absolute atomic E-state index is 0.140. The van der Waals surface area contributed by atoms with E-state index in [9.17, 15) is 19.5 Å². The van der Waals surface area contributed by atoms with Crippen LogP contribution in [0, 0.1) is 0 Å². The Morgan fingerprint density at radius 2 is 0.701 bits per heavy atom. The molecule has 9 nitrogen and oxygen atoms in total. The Kier molecular flexibility index (Phi) is 54.6. The monoisotopic (exact) mass is 1070 g/mol. The predicted molar refractivity (Wildman–Crippen MR) is 324 cm³/mol. The van der Waals surface area contributed by atoms with E-state index in [1.54, 1.807) is 0 Å². The summed E-state index contributed by atoms with van der Waals surface area (Å²) in [5.74, 6) is -2.30. The van der Waals surface area contributed by atoms with Gasteiger partial charge in [0.25, 0.3) is 0 Å². The van der Waals surface area contributed by atoms with Crippen molar-refractivity contribution in [2.45, 2.75) is 245 Å². The van der Waals surface area contributed by atoms with Crippen molar-refractivity contribution in [1.29, 1.82) is 0 Å². The molecule has 9 heteroatoms. The van der Waals surface area contributed by atoms with Crippen LogP contribution >= 0.6 is 0 Å². The summed E-state index contributed by atoms with van der Waals surface area (Å²) in [6.45, 7) is 4.51. The maximum Gasteiger partial charge on any atom is 0.306 e. The fraction of sp³-hybridized carbons (Fsp3) is 0.662. The molecule has 0 aliphatic carbocycles. The smallest absolute Gasteiger partial charge is 0.306 e. The van der Waals surface area contributed by atoms with Gasteiger partial charge < -0.3 is 33.3 Å². The zero-order valence-corrected chi connectivity index (χ0v) is 49.8. The molecular formula is C68H113NO8. The van der Waals surface area contributed by atoms with E-state index in [1.807, 2.05) is 21.1 Å². The lowest BCUT2D eigenvalue weighted by Gasteiger charge is -2.26. The average molecular weight is 1070 g/mol. The Balaban J connectivity index is 4.25. The van der Waals surface area contributed by atoms with Crippen molar-refractivity contribution in [3.63, 3.8) is 0 Å². The van der Waals surface area contributed by atoms with Crippen molar-refractivity contribution >= 4 is 17.9 Å². The number of quaternary nitrogens is 1. The second-order valence-corrected chi connectivity index (χ2v) is 21.2. The summed E-state index contributed by atoms with van der Waals surface area (Å²) in [7, 11) is 5.91. The zero-order chi connectivity index (χ0) is 56.2. The topological polar surface area (TPSA) is 111 Å². The highest BCUT2D eigenvalue weighted by Gasteiger charge is 2.22. The molecule has 2 unspecified atom stereocenters. The van der Waals surface area contributed by atoms with Crippen LogP contribution in [0.3, 0.4) is 0 Å². The Morgan fingerprint density at radius 1 is 0.390 bits per heavy atom. The number of hydrogen-bond donors (Lipinski definition) is 0. The lowest BCUT2D eigenvalue weighted by atomic mass is 10.0. The van der Waals surface area contributed by atoms with Gasteiger partial charge >= 0.3 is 11.9 Å². The number of carbonyl (C=O) groups excluding carboxylic acids is 3. The molecule has 0 saturated heterocycles. The summed E-state index contributed by atoms with van der Waals surface area (Å²) in [5.41, 5.74) is 0. The van der Waals surface area contributed by atoms with Gasteiger partial charge in [-0.2, -0.15) is 0 Å². The first-order chi connectivity index (χ1) is 37.6. The lowest BCUT2D eigenvalue weighted by Crippen LogP contribution is -2.44. The quantitative estimate of drug-likeness (QED) is 0.0195. The van der Waals surface area contributed by atoms with Crippen LogP contribution in [-0.4, -0.2) is 82.3 Å². The van der Waals surface area contributed by atoms with E-state index in [0.717, 1.165) is 122 Å². The van der Waals surface area contributed by atoms with E-state index in [0.29, 0.717) is 17.4 Å². The molecular weight excluding hydrogens is 959 g/mol. The molecule has 0 aliphatic heterocycles. The van der Waals surface area contributed by atoms with E-state index < -0.39 is 24.3 Å². The number of likely N-dealkylation sites (N-methyl/N-ethyl adjacent to an activating group) is 1. The number of esters is 2. The van der Waals surface area contributed by atoms with Crippen LogP contribution in [0.5, 0.6) is 0 Å². The number of carboxylic acid groups (broad SMARTS) is 1. The van der Waals surface area contributed by atoms with Crippen molar-refractivity contribution in [3.05, 3.63) is 122 Å². The summed E-state index contributed by atoms with van der Waals surface area (Å²) in [6.07, 6.45) is 78.1. The average Bonchev–Trinajstić information content (AvgIpc) is 3.40. The van der Waals surface area contributed by atoms with E-state index in [2.05, 4.69) is 135 Å². The Bertz CT molecular complexity index is 1670. The first-order valence-electron chi connectivity index (χ1n) is 30.7. The van der Waals surface area contributed by atoms with Gasteiger partial charge in [-0.15, -0.1) is 0 Å². The first-order valence-corrected chi connectivity index (χ1v) is 30.7. The normalized spacial score (nSPS) is 13.6. The Labute approximate surface area is 472 Å². The predicted octanol–water partition coefficient (Wildman–Crippen LogP) is 17.1. The van der Waals surface area contributed by atoms with Crippen molar-refractivity contribution in [1.82, 2.24) is 0 Å². The maximum atomic E-state index is 12.9. The minimum Gasteiger partial charge on any atom is -0.545 e. The third-order valence-electron chi connectivity index (χ3n) is 12.7. The third-order valence-corrected chi connectivity index (χ3v) is 12.7. The van der Waals surface area contributed by atoms with Crippen molar-refractivity contribution in [2.75, 3.05) is 47.5 Å². The summed E-state index contributed by atoms with van der Waals surface area (Å²) in [6, 6.07) is 0. The van der Waals surface area contributed by atoms with Crippen LogP contribution in [0.4, 0.5) is 0 Å².